The highest BCUT2D eigenvalue weighted by atomic mass is 16.3. The molecule has 80 valence electrons. The molecule has 0 saturated heterocycles. The van der Waals surface area contributed by atoms with Gasteiger partial charge in [0.2, 0.25) is 0 Å². The van der Waals surface area contributed by atoms with Crippen molar-refractivity contribution in [3.63, 3.8) is 0 Å². The predicted octanol–water partition coefficient (Wildman–Crippen LogP) is 2.42. The van der Waals surface area contributed by atoms with E-state index in [0.29, 0.717) is 5.56 Å². The number of benzene rings is 1. The van der Waals surface area contributed by atoms with E-state index in [9.17, 15) is 9.90 Å². The van der Waals surface area contributed by atoms with Gasteiger partial charge in [0, 0.05) is 5.56 Å². The lowest BCUT2D eigenvalue weighted by Gasteiger charge is -2.24. The highest BCUT2D eigenvalue weighted by molar-refractivity contribution is 5.98. The van der Waals surface area contributed by atoms with E-state index < -0.39 is 5.60 Å². The van der Waals surface area contributed by atoms with Crippen LogP contribution in [-0.2, 0) is 0 Å². The molecule has 0 aliphatic heterocycles. The number of aliphatic hydroxyl groups is 1. The van der Waals surface area contributed by atoms with Crippen molar-refractivity contribution in [1.29, 1.82) is 0 Å². The molecule has 1 unspecified atom stereocenters. The Hall–Kier alpha value is -1.15. The minimum atomic E-state index is -0.813. The highest BCUT2D eigenvalue weighted by Gasteiger charge is 2.41. The molecule has 1 aromatic rings. The van der Waals surface area contributed by atoms with Gasteiger partial charge in [-0.1, -0.05) is 30.3 Å². The van der Waals surface area contributed by atoms with E-state index in [1.54, 1.807) is 6.92 Å². The first-order valence-electron chi connectivity index (χ1n) is 5.43. The maximum Gasteiger partial charge on any atom is 0.168 e. The molecule has 1 aliphatic rings. The second-order valence-electron chi connectivity index (χ2n) is 4.53. The number of ketones is 1. The summed E-state index contributed by atoms with van der Waals surface area (Å²) < 4.78 is 0. The lowest BCUT2D eigenvalue weighted by atomic mass is 9.86. The number of carbonyl (C=O) groups excluding carboxylic acids is 1. The summed E-state index contributed by atoms with van der Waals surface area (Å²) >= 11 is 0. The molecule has 1 aromatic carbocycles. The molecule has 1 fully saturated rings. The molecular formula is C13H16O2. The van der Waals surface area contributed by atoms with Gasteiger partial charge >= 0.3 is 0 Å². The van der Waals surface area contributed by atoms with Crippen molar-refractivity contribution in [2.75, 3.05) is 0 Å². The van der Waals surface area contributed by atoms with Gasteiger partial charge in [-0.3, -0.25) is 4.79 Å². The van der Waals surface area contributed by atoms with Crippen molar-refractivity contribution in [2.24, 2.45) is 5.92 Å². The highest BCUT2D eigenvalue weighted by Crippen LogP contribution is 2.37. The predicted molar refractivity (Wildman–Crippen MR) is 58.7 cm³/mol. The van der Waals surface area contributed by atoms with Crippen LogP contribution >= 0.6 is 0 Å². The van der Waals surface area contributed by atoms with Crippen LogP contribution in [0.5, 0.6) is 0 Å². The molecule has 0 heterocycles. The Balaban J connectivity index is 2.22. The van der Waals surface area contributed by atoms with Crippen LogP contribution in [0.4, 0.5) is 0 Å². The lowest BCUT2D eigenvalue weighted by Crippen LogP contribution is -2.34. The summed E-state index contributed by atoms with van der Waals surface area (Å²) in [4.78, 5) is 12.1. The third kappa shape index (κ3) is 1.95. The number of Topliss-reactive ketones (excluding diaryl/α,β-unsaturated/α-hetero) is 1. The Morgan fingerprint density at radius 1 is 1.40 bits per heavy atom. The maximum absolute atomic E-state index is 12.1. The van der Waals surface area contributed by atoms with E-state index in [1.165, 1.54) is 0 Å². The molecule has 2 nitrogen and oxygen atoms in total. The lowest BCUT2D eigenvalue weighted by molar-refractivity contribution is 0.0224. The summed E-state index contributed by atoms with van der Waals surface area (Å²) in [7, 11) is 0. The molecule has 2 atom stereocenters. The third-order valence-electron chi connectivity index (χ3n) is 3.30. The molecule has 0 aromatic heterocycles. The Bertz CT molecular complexity index is 354. The molecule has 0 bridgehead atoms. The van der Waals surface area contributed by atoms with E-state index >= 15 is 0 Å². The number of hydrogen-bond donors (Lipinski definition) is 1. The number of hydrogen-bond acceptors (Lipinski definition) is 2. The summed E-state index contributed by atoms with van der Waals surface area (Å²) in [5, 5.41) is 10.1. The van der Waals surface area contributed by atoms with Crippen LogP contribution in [0.3, 0.4) is 0 Å². The zero-order valence-electron chi connectivity index (χ0n) is 8.94. The van der Waals surface area contributed by atoms with E-state index in [4.69, 9.17) is 0 Å². The summed E-state index contributed by atoms with van der Waals surface area (Å²) in [6.07, 6.45) is 2.48. The fourth-order valence-electron chi connectivity index (χ4n) is 2.37. The van der Waals surface area contributed by atoms with Crippen molar-refractivity contribution in [3.05, 3.63) is 35.9 Å². The number of carbonyl (C=O) groups is 1. The molecule has 2 heteroatoms. The van der Waals surface area contributed by atoms with Crippen molar-refractivity contribution in [3.8, 4) is 0 Å². The molecule has 0 spiro atoms. The normalized spacial score (nSPS) is 30.4. The summed E-state index contributed by atoms with van der Waals surface area (Å²) in [5.74, 6) is -0.141. The Labute approximate surface area is 89.9 Å². The average Bonchev–Trinajstić information content (AvgIpc) is 2.58. The van der Waals surface area contributed by atoms with Crippen LogP contribution in [-0.4, -0.2) is 16.5 Å². The minimum absolute atomic E-state index is 0.0816. The van der Waals surface area contributed by atoms with Gasteiger partial charge in [-0.25, -0.2) is 0 Å². The molecular weight excluding hydrogens is 188 g/mol. The van der Waals surface area contributed by atoms with Crippen molar-refractivity contribution in [2.45, 2.75) is 31.8 Å². The van der Waals surface area contributed by atoms with Gasteiger partial charge in [0.1, 0.15) is 0 Å². The number of rotatable bonds is 2. The van der Waals surface area contributed by atoms with Gasteiger partial charge < -0.3 is 5.11 Å². The van der Waals surface area contributed by atoms with Gasteiger partial charge in [-0.05, 0) is 26.2 Å². The van der Waals surface area contributed by atoms with Crippen LogP contribution in [0, 0.1) is 5.92 Å². The van der Waals surface area contributed by atoms with Crippen LogP contribution in [0.1, 0.15) is 36.5 Å². The van der Waals surface area contributed by atoms with Gasteiger partial charge in [0.05, 0.1) is 11.5 Å². The Morgan fingerprint density at radius 3 is 2.60 bits per heavy atom. The topological polar surface area (TPSA) is 37.3 Å². The van der Waals surface area contributed by atoms with Gasteiger partial charge in [-0.15, -0.1) is 0 Å². The second-order valence-corrected chi connectivity index (χ2v) is 4.53. The zero-order valence-corrected chi connectivity index (χ0v) is 8.94. The van der Waals surface area contributed by atoms with Crippen molar-refractivity contribution >= 4 is 5.78 Å². The molecule has 1 saturated carbocycles. The molecule has 0 radical (unpaired) electrons. The molecule has 2 rings (SSSR count). The minimum Gasteiger partial charge on any atom is -0.389 e. The molecule has 1 N–H and O–H groups in total. The fraction of sp³-hybridized carbons (Fsp3) is 0.462. The smallest absolute Gasteiger partial charge is 0.168 e. The first kappa shape index (κ1) is 10.4. The summed E-state index contributed by atoms with van der Waals surface area (Å²) in [6.45, 7) is 1.77. The first-order chi connectivity index (χ1) is 7.11. The van der Waals surface area contributed by atoms with E-state index in [1.807, 2.05) is 30.3 Å². The van der Waals surface area contributed by atoms with E-state index in [-0.39, 0.29) is 11.7 Å². The molecule has 0 amide bonds. The summed E-state index contributed by atoms with van der Waals surface area (Å²) in [6, 6.07) is 9.24. The molecule has 1 aliphatic carbocycles. The van der Waals surface area contributed by atoms with E-state index in [0.717, 1.165) is 19.3 Å². The molecule has 15 heavy (non-hydrogen) atoms. The standard InChI is InChI=1S/C13H16O2/c1-13(15)9-5-8-11(13)12(14)10-6-3-2-4-7-10/h2-4,6-7,11,15H,5,8-9H2,1H3/t11?,13-/m0/s1. The maximum atomic E-state index is 12.1. The largest absolute Gasteiger partial charge is 0.389 e. The third-order valence-corrected chi connectivity index (χ3v) is 3.30. The Morgan fingerprint density at radius 2 is 2.07 bits per heavy atom. The van der Waals surface area contributed by atoms with Crippen molar-refractivity contribution < 1.29 is 9.90 Å². The van der Waals surface area contributed by atoms with Crippen LogP contribution in [0.2, 0.25) is 0 Å². The van der Waals surface area contributed by atoms with Crippen LogP contribution in [0.15, 0.2) is 30.3 Å². The Kier molecular flexibility index (Phi) is 2.61. The first-order valence-corrected chi connectivity index (χ1v) is 5.43. The average molecular weight is 204 g/mol. The van der Waals surface area contributed by atoms with Crippen LogP contribution in [0.25, 0.3) is 0 Å². The fourth-order valence-corrected chi connectivity index (χ4v) is 2.37. The van der Waals surface area contributed by atoms with Gasteiger partial charge in [0.15, 0.2) is 5.78 Å². The quantitative estimate of drug-likeness (QED) is 0.751. The summed E-state index contributed by atoms with van der Waals surface area (Å²) in [5.41, 5.74) is -0.0999. The van der Waals surface area contributed by atoms with E-state index in [2.05, 4.69) is 0 Å². The van der Waals surface area contributed by atoms with Crippen LogP contribution < -0.4 is 0 Å². The second kappa shape index (κ2) is 3.78. The zero-order chi connectivity index (χ0) is 10.9. The van der Waals surface area contributed by atoms with Crippen molar-refractivity contribution in [1.82, 2.24) is 0 Å². The van der Waals surface area contributed by atoms with Gasteiger partial charge in [0.25, 0.3) is 0 Å². The van der Waals surface area contributed by atoms with Gasteiger partial charge in [-0.2, -0.15) is 0 Å². The SMILES string of the molecule is C[C@]1(O)CCCC1C(=O)c1ccccc1. The monoisotopic (exact) mass is 204 g/mol.